The van der Waals surface area contributed by atoms with Gasteiger partial charge in [0.05, 0.1) is 6.04 Å². The number of amides is 2. The van der Waals surface area contributed by atoms with E-state index < -0.39 is 18.0 Å². The fourth-order valence-corrected chi connectivity index (χ4v) is 2.60. The molecule has 0 bridgehead atoms. The van der Waals surface area contributed by atoms with Gasteiger partial charge >= 0.3 is 12.0 Å². The lowest BCUT2D eigenvalue weighted by Crippen LogP contribution is -2.41. The monoisotopic (exact) mass is 308 g/mol. The maximum atomic E-state index is 11.9. The highest BCUT2D eigenvalue weighted by Gasteiger charge is 2.24. The van der Waals surface area contributed by atoms with Crippen LogP contribution in [-0.4, -0.2) is 17.1 Å². The lowest BCUT2D eigenvalue weighted by Gasteiger charge is -2.16. The van der Waals surface area contributed by atoms with Crippen molar-refractivity contribution in [1.82, 2.24) is 10.6 Å². The summed E-state index contributed by atoms with van der Waals surface area (Å²) in [6.45, 7) is 3.58. The van der Waals surface area contributed by atoms with Crippen LogP contribution in [0.25, 0.3) is 0 Å². The van der Waals surface area contributed by atoms with Gasteiger partial charge in [0.25, 0.3) is 0 Å². The van der Waals surface area contributed by atoms with E-state index in [9.17, 15) is 14.7 Å². The third-order valence-electron chi connectivity index (χ3n) is 2.89. The van der Waals surface area contributed by atoms with E-state index in [1.54, 1.807) is 36.6 Å². The summed E-state index contributed by atoms with van der Waals surface area (Å²) in [6.07, 6.45) is 0. The molecule has 112 valence electrons. The van der Waals surface area contributed by atoms with Gasteiger partial charge in [0.15, 0.2) is 6.04 Å². The molecule has 0 aliphatic heterocycles. The molecular formula is C14H16N2O4S. The van der Waals surface area contributed by atoms with E-state index in [4.69, 9.17) is 4.42 Å². The average Bonchev–Trinajstić information content (AvgIpc) is 3.06. The zero-order chi connectivity index (χ0) is 15.4. The first kappa shape index (κ1) is 15.1. The van der Waals surface area contributed by atoms with Crippen molar-refractivity contribution in [3.8, 4) is 0 Å². The van der Waals surface area contributed by atoms with Gasteiger partial charge in [-0.1, -0.05) is 6.07 Å². The molecule has 0 spiro atoms. The number of furan rings is 1. The van der Waals surface area contributed by atoms with E-state index in [0.717, 1.165) is 5.76 Å². The van der Waals surface area contributed by atoms with E-state index in [-0.39, 0.29) is 6.04 Å². The normalized spacial score (nSPS) is 13.4. The van der Waals surface area contributed by atoms with Crippen LogP contribution in [0.3, 0.4) is 0 Å². The van der Waals surface area contributed by atoms with Gasteiger partial charge in [-0.05, 0) is 37.4 Å². The standard InChI is InChI=1S/C14H16N2O4S/c1-8-5-6-10(20-8)9(2)15-14(19)16-12(13(17)18)11-4-3-7-21-11/h3-7,9,12H,1-2H3,(H,17,18)(H2,15,16,19). The van der Waals surface area contributed by atoms with E-state index >= 15 is 0 Å². The van der Waals surface area contributed by atoms with Crippen molar-refractivity contribution < 1.29 is 19.1 Å². The fraction of sp³-hybridized carbons (Fsp3) is 0.286. The summed E-state index contributed by atoms with van der Waals surface area (Å²) in [5.41, 5.74) is 0. The molecule has 2 aromatic heterocycles. The predicted octanol–water partition coefficient (Wildman–Crippen LogP) is 2.84. The second kappa shape index (κ2) is 6.45. The van der Waals surface area contributed by atoms with Crippen LogP contribution < -0.4 is 10.6 Å². The van der Waals surface area contributed by atoms with Crippen LogP contribution in [0.5, 0.6) is 0 Å². The van der Waals surface area contributed by atoms with E-state index in [1.165, 1.54) is 11.3 Å². The van der Waals surface area contributed by atoms with Crippen molar-refractivity contribution in [3.05, 3.63) is 46.0 Å². The van der Waals surface area contributed by atoms with Crippen LogP contribution in [0.15, 0.2) is 34.1 Å². The molecule has 3 N–H and O–H groups in total. The number of carbonyl (C=O) groups is 2. The van der Waals surface area contributed by atoms with Gasteiger partial charge < -0.3 is 20.2 Å². The SMILES string of the molecule is Cc1ccc(C(C)NC(=O)NC(C(=O)O)c2cccs2)o1. The Hall–Kier alpha value is -2.28. The maximum absolute atomic E-state index is 11.9. The Morgan fingerprint density at radius 3 is 2.57 bits per heavy atom. The molecule has 2 heterocycles. The fourth-order valence-electron chi connectivity index (χ4n) is 1.84. The Kier molecular flexibility index (Phi) is 4.64. The Labute approximate surface area is 125 Å². The van der Waals surface area contributed by atoms with E-state index in [2.05, 4.69) is 10.6 Å². The molecule has 2 atom stereocenters. The highest BCUT2D eigenvalue weighted by molar-refractivity contribution is 7.10. The van der Waals surface area contributed by atoms with Crippen LogP contribution in [0, 0.1) is 6.92 Å². The summed E-state index contributed by atoms with van der Waals surface area (Å²) in [6, 6.07) is 5.02. The highest BCUT2D eigenvalue weighted by Crippen LogP contribution is 2.20. The molecule has 0 saturated carbocycles. The minimum absolute atomic E-state index is 0.350. The van der Waals surface area contributed by atoms with Gasteiger partial charge in [-0.25, -0.2) is 9.59 Å². The summed E-state index contributed by atoms with van der Waals surface area (Å²) in [5, 5.41) is 16.1. The number of urea groups is 1. The molecule has 2 rings (SSSR count). The summed E-state index contributed by atoms with van der Waals surface area (Å²) < 4.78 is 5.41. The van der Waals surface area contributed by atoms with Gasteiger partial charge in [-0.3, -0.25) is 0 Å². The van der Waals surface area contributed by atoms with Gasteiger partial charge in [0, 0.05) is 4.88 Å². The van der Waals surface area contributed by atoms with Crippen LogP contribution in [0.2, 0.25) is 0 Å². The topological polar surface area (TPSA) is 91.6 Å². The lowest BCUT2D eigenvalue weighted by atomic mass is 10.2. The van der Waals surface area contributed by atoms with Crippen molar-refractivity contribution >= 4 is 23.3 Å². The molecule has 0 saturated heterocycles. The van der Waals surface area contributed by atoms with Gasteiger partial charge in [-0.15, -0.1) is 11.3 Å². The predicted molar refractivity (Wildman–Crippen MR) is 78.2 cm³/mol. The van der Waals surface area contributed by atoms with Crippen molar-refractivity contribution in [3.63, 3.8) is 0 Å². The number of hydrogen-bond donors (Lipinski definition) is 3. The Bertz CT molecular complexity index is 621. The molecule has 6 nitrogen and oxygen atoms in total. The third-order valence-corrected chi connectivity index (χ3v) is 3.82. The molecule has 0 aromatic carbocycles. The van der Waals surface area contributed by atoms with Gasteiger partial charge in [0.1, 0.15) is 11.5 Å². The molecule has 21 heavy (non-hydrogen) atoms. The second-order valence-electron chi connectivity index (χ2n) is 4.57. The Morgan fingerprint density at radius 2 is 2.05 bits per heavy atom. The molecule has 0 aliphatic carbocycles. The Morgan fingerprint density at radius 1 is 1.29 bits per heavy atom. The summed E-state index contributed by atoms with van der Waals surface area (Å²) in [7, 11) is 0. The first-order valence-electron chi connectivity index (χ1n) is 6.37. The molecule has 0 fully saturated rings. The first-order chi connectivity index (χ1) is 9.97. The zero-order valence-electron chi connectivity index (χ0n) is 11.6. The second-order valence-corrected chi connectivity index (χ2v) is 5.55. The van der Waals surface area contributed by atoms with Crippen molar-refractivity contribution in [2.75, 3.05) is 0 Å². The average molecular weight is 308 g/mol. The zero-order valence-corrected chi connectivity index (χ0v) is 12.4. The third kappa shape index (κ3) is 3.85. The number of aryl methyl sites for hydroxylation is 1. The molecule has 0 radical (unpaired) electrons. The van der Waals surface area contributed by atoms with Gasteiger partial charge in [0.2, 0.25) is 0 Å². The first-order valence-corrected chi connectivity index (χ1v) is 7.25. The van der Waals surface area contributed by atoms with Crippen LogP contribution in [0.1, 0.15) is 35.4 Å². The molecule has 2 aromatic rings. The number of carboxylic acids is 1. The number of thiophene rings is 1. The molecule has 2 amide bonds. The van der Waals surface area contributed by atoms with Gasteiger partial charge in [-0.2, -0.15) is 0 Å². The molecule has 2 unspecified atom stereocenters. The number of nitrogens with one attached hydrogen (secondary N) is 2. The quantitative estimate of drug-likeness (QED) is 0.792. The number of carboxylic acid groups (broad SMARTS) is 1. The number of carbonyl (C=O) groups excluding carboxylic acids is 1. The Balaban J connectivity index is 1.98. The maximum Gasteiger partial charge on any atom is 0.331 e. The van der Waals surface area contributed by atoms with Crippen molar-refractivity contribution in [2.24, 2.45) is 0 Å². The highest BCUT2D eigenvalue weighted by atomic mass is 32.1. The summed E-state index contributed by atoms with van der Waals surface area (Å²) in [5.74, 6) is 0.265. The van der Waals surface area contributed by atoms with Crippen molar-refractivity contribution in [2.45, 2.75) is 25.9 Å². The van der Waals surface area contributed by atoms with Crippen molar-refractivity contribution in [1.29, 1.82) is 0 Å². The van der Waals surface area contributed by atoms with Crippen LogP contribution >= 0.6 is 11.3 Å². The molecular weight excluding hydrogens is 292 g/mol. The van der Waals surface area contributed by atoms with E-state index in [0.29, 0.717) is 10.6 Å². The number of rotatable bonds is 5. The van der Waals surface area contributed by atoms with Crippen LogP contribution in [0.4, 0.5) is 4.79 Å². The molecule has 0 aliphatic rings. The van der Waals surface area contributed by atoms with Crippen LogP contribution in [-0.2, 0) is 4.79 Å². The minimum Gasteiger partial charge on any atom is -0.479 e. The number of aliphatic carboxylic acids is 1. The largest absolute Gasteiger partial charge is 0.479 e. The molecule has 7 heteroatoms. The van der Waals surface area contributed by atoms with E-state index in [1.807, 2.05) is 6.92 Å². The lowest BCUT2D eigenvalue weighted by molar-refractivity contribution is -0.139. The summed E-state index contributed by atoms with van der Waals surface area (Å²) in [4.78, 5) is 23.7. The smallest absolute Gasteiger partial charge is 0.331 e. The minimum atomic E-state index is -1.10. The number of hydrogen-bond acceptors (Lipinski definition) is 4. The summed E-state index contributed by atoms with van der Waals surface area (Å²) >= 11 is 1.28.